The highest BCUT2D eigenvalue weighted by Crippen LogP contribution is 2.25. The first-order chi connectivity index (χ1) is 13.0. The van der Waals surface area contributed by atoms with E-state index in [2.05, 4.69) is 4.99 Å². The van der Waals surface area contributed by atoms with Crippen LogP contribution in [-0.2, 0) is 4.79 Å². The van der Waals surface area contributed by atoms with Crippen molar-refractivity contribution in [1.29, 1.82) is 0 Å². The summed E-state index contributed by atoms with van der Waals surface area (Å²) >= 11 is 0. The molecule has 0 spiro atoms. The van der Waals surface area contributed by atoms with Crippen molar-refractivity contribution in [3.63, 3.8) is 0 Å². The molecule has 1 aromatic heterocycles. The Morgan fingerprint density at radius 1 is 1.19 bits per heavy atom. The van der Waals surface area contributed by atoms with E-state index >= 15 is 0 Å². The molecule has 136 valence electrons. The van der Waals surface area contributed by atoms with E-state index in [4.69, 9.17) is 14.9 Å². The average Bonchev–Trinajstić information content (AvgIpc) is 2.65. The smallest absolute Gasteiger partial charge is 0.254 e. The molecule has 0 unspecified atom stereocenters. The number of amides is 1. The number of carbonyl (C=O) groups excluding carboxylic acids is 2. The van der Waals surface area contributed by atoms with Gasteiger partial charge in [-0.15, -0.1) is 0 Å². The Morgan fingerprint density at radius 2 is 1.96 bits per heavy atom. The number of nitrogens with two attached hydrogens (primary N) is 1. The van der Waals surface area contributed by atoms with Gasteiger partial charge in [0.05, 0.1) is 18.8 Å². The molecule has 0 aliphatic carbocycles. The number of methoxy groups -OCH3 is 1. The van der Waals surface area contributed by atoms with Gasteiger partial charge >= 0.3 is 0 Å². The number of fused-ring (bicyclic) bond motifs is 1. The van der Waals surface area contributed by atoms with Gasteiger partial charge in [0.1, 0.15) is 5.56 Å². The molecule has 1 heterocycles. The lowest BCUT2D eigenvalue weighted by molar-refractivity contribution is -0.297. The zero-order valence-corrected chi connectivity index (χ0v) is 14.3. The van der Waals surface area contributed by atoms with Gasteiger partial charge in [0.25, 0.3) is 5.91 Å². The molecule has 0 bridgehead atoms. The van der Waals surface area contributed by atoms with Crippen molar-refractivity contribution in [2.24, 2.45) is 10.7 Å². The Morgan fingerprint density at radius 3 is 2.67 bits per heavy atom. The topological polar surface area (TPSA) is 118 Å². The van der Waals surface area contributed by atoms with Crippen LogP contribution in [0, 0.1) is 0 Å². The second-order valence-electron chi connectivity index (χ2n) is 5.57. The minimum absolute atomic E-state index is 0.0283. The van der Waals surface area contributed by atoms with Gasteiger partial charge in [-0.1, -0.05) is 30.3 Å². The zero-order valence-electron chi connectivity index (χ0n) is 14.3. The molecule has 0 aliphatic rings. The van der Waals surface area contributed by atoms with Gasteiger partial charge in [-0.2, -0.15) is 0 Å². The van der Waals surface area contributed by atoms with E-state index in [-0.39, 0.29) is 11.1 Å². The van der Waals surface area contributed by atoms with Gasteiger partial charge in [-0.3, -0.25) is 4.79 Å². The molecule has 2 N–H and O–H groups in total. The number of para-hydroxylation sites is 1. The van der Waals surface area contributed by atoms with Crippen molar-refractivity contribution in [3.8, 4) is 5.75 Å². The standard InChI is InChI=1S/C20H16N2O5/c1-26-16-7-3-5-13-11-15(19(21)25)20(27-18(13)16)22-14-6-2-4-12(10-14)8-9-17(23)24/h2-11H,1H3,(H2,21,25)(H,23,24)/p-1/b9-8+,22-20?. The Balaban J connectivity index is 2.20. The van der Waals surface area contributed by atoms with Crippen LogP contribution in [-0.4, -0.2) is 19.0 Å². The van der Waals surface area contributed by atoms with Crippen molar-refractivity contribution < 1.29 is 23.8 Å². The van der Waals surface area contributed by atoms with Crippen LogP contribution in [0.5, 0.6) is 5.75 Å². The summed E-state index contributed by atoms with van der Waals surface area (Å²) in [6, 6.07) is 13.6. The first-order valence-corrected chi connectivity index (χ1v) is 7.92. The van der Waals surface area contributed by atoms with E-state index in [0.29, 0.717) is 28.0 Å². The quantitative estimate of drug-likeness (QED) is 0.690. The Kier molecular flexibility index (Phi) is 5.03. The number of nitrogens with zero attached hydrogens (tertiary/aromatic N) is 1. The highest BCUT2D eigenvalue weighted by Gasteiger charge is 2.12. The molecule has 7 nitrogen and oxygen atoms in total. The van der Waals surface area contributed by atoms with Crippen LogP contribution < -0.4 is 21.1 Å². The summed E-state index contributed by atoms with van der Waals surface area (Å²) < 4.78 is 11.1. The molecule has 27 heavy (non-hydrogen) atoms. The normalized spacial score (nSPS) is 11.8. The van der Waals surface area contributed by atoms with Gasteiger partial charge < -0.3 is 24.8 Å². The summed E-state index contributed by atoms with van der Waals surface area (Å²) in [6.07, 6.45) is 2.29. The molecule has 3 rings (SSSR count). The maximum atomic E-state index is 11.8. The van der Waals surface area contributed by atoms with E-state index in [0.717, 1.165) is 6.08 Å². The van der Waals surface area contributed by atoms with Crippen LogP contribution in [0.25, 0.3) is 17.0 Å². The van der Waals surface area contributed by atoms with Crippen molar-refractivity contribution in [3.05, 3.63) is 71.3 Å². The lowest BCUT2D eigenvalue weighted by atomic mass is 10.1. The maximum Gasteiger partial charge on any atom is 0.254 e. The monoisotopic (exact) mass is 363 g/mol. The van der Waals surface area contributed by atoms with Gasteiger partial charge in [0, 0.05) is 5.39 Å². The summed E-state index contributed by atoms with van der Waals surface area (Å²) in [5.74, 6) is -1.49. The highest BCUT2D eigenvalue weighted by atomic mass is 16.5. The van der Waals surface area contributed by atoms with Crippen LogP contribution in [0.1, 0.15) is 15.9 Å². The fraction of sp³-hybridized carbons (Fsp3) is 0.0500. The fourth-order valence-electron chi connectivity index (χ4n) is 2.52. The van der Waals surface area contributed by atoms with E-state index < -0.39 is 11.9 Å². The molecule has 3 aromatic rings. The number of ether oxygens (including phenoxy) is 1. The van der Waals surface area contributed by atoms with Crippen molar-refractivity contribution in [2.45, 2.75) is 0 Å². The Hall–Kier alpha value is -3.87. The maximum absolute atomic E-state index is 11.8. The molecule has 0 saturated carbocycles. The molecule has 2 aromatic carbocycles. The Bertz CT molecular complexity index is 1130. The molecule has 0 fully saturated rings. The van der Waals surface area contributed by atoms with E-state index in [1.165, 1.54) is 13.2 Å². The fourth-order valence-corrected chi connectivity index (χ4v) is 2.52. The number of benzene rings is 2. The number of aliphatic carboxylic acids is 1. The third kappa shape index (κ3) is 4.04. The molecule has 0 atom stereocenters. The lowest BCUT2D eigenvalue weighted by Gasteiger charge is -2.06. The van der Waals surface area contributed by atoms with Crippen molar-refractivity contribution in [1.82, 2.24) is 0 Å². The van der Waals surface area contributed by atoms with E-state index in [1.807, 2.05) is 0 Å². The summed E-state index contributed by atoms with van der Waals surface area (Å²) in [7, 11) is 1.51. The number of hydrogen-bond donors (Lipinski definition) is 1. The SMILES string of the molecule is COc1cccc2cc(C(N)=O)c(=Nc3cccc(/C=C/C(=O)[O-])c3)oc12. The number of carbonyl (C=O) groups is 2. The molecule has 1 amide bonds. The number of rotatable bonds is 5. The zero-order chi connectivity index (χ0) is 19.4. The minimum atomic E-state index is -1.30. The predicted octanol–water partition coefficient (Wildman–Crippen LogP) is 1.54. The average molecular weight is 363 g/mol. The van der Waals surface area contributed by atoms with Gasteiger partial charge in [0.2, 0.25) is 5.55 Å². The minimum Gasteiger partial charge on any atom is -0.545 e. The van der Waals surface area contributed by atoms with Gasteiger partial charge in [-0.25, -0.2) is 4.99 Å². The highest BCUT2D eigenvalue weighted by molar-refractivity contribution is 5.96. The van der Waals surface area contributed by atoms with E-state index in [9.17, 15) is 14.7 Å². The largest absolute Gasteiger partial charge is 0.545 e. The molecular formula is C20H15N2O5-. The molecule has 0 aliphatic heterocycles. The van der Waals surface area contributed by atoms with Crippen molar-refractivity contribution >= 4 is 34.6 Å². The molecule has 0 saturated heterocycles. The predicted molar refractivity (Wildman–Crippen MR) is 97.0 cm³/mol. The van der Waals surface area contributed by atoms with Gasteiger partial charge in [0.15, 0.2) is 11.3 Å². The molecular weight excluding hydrogens is 348 g/mol. The number of carboxylic acids is 1. The summed E-state index contributed by atoms with van der Waals surface area (Å²) in [5.41, 5.74) is 7.09. The third-order valence-corrected chi connectivity index (χ3v) is 3.74. The summed E-state index contributed by atoms with van der Waals surface area (Å²) in [6.45, 7) is 0. The number of carboxylic acid groups (broad SMARTS) is 1. The second kappa shape index (κ2) is 7.57. The molecule has 7 heteroatoms. The summed E-state index contributed by atoms with van der Waals surface area (Å²) in [4.78, 5) is 26.8. The Labute approximate surface area is 154 Å². The van der Waals surface area contributed by atoms with E-state index in [1.54, 1.807) is 48.5 Å². The van der Waals surface area contributed by atoms with Crippen LogP contribution in [0.15, 0.2) is 64.0 Å². The third-order valence-electron chi connectivity index (χ3n) is 3.74. The van der Waals surface area contributed by atoms with Gasteiger partial charge in [-0.05, 0) is 35.9 Å². The summed E-state index contributed by atoms with van der Waals surface area (Å²) in [5, 5.41) is 11.2. The van der Waals surface area contributed by atoms with Crippen LogP contribution >= 0.6 is 0 Å². The second-order valence-corrected chi connectivity index (χ2v) is 5.57. The first-order valence-electron chi connectivity index (χ1n) is 7.92. The van der Waals surface area contributed by atoms with Crippen LogP contribution in [0.2, 0.25) is 0 Å². The van der Waals surface area contributed by atoms with Crippen LogP contribution in [0.3, 0.4) is 0 Å². The van der Waals surface area contributed by atoms with Crippen LogP contribution in [0.4, 0.5) is 5.69 Å². The number of primary amides is 1. The number of hydrogen-bond acceptors (Lipinski definition) is 6. The van der Waals surface area contributed by atoms with Crippen molar-refractivity contribution in [2.75, 3.05) is 7.11 Å². The molecule has 0 radical (unpaired) electrons. The lowest BCUT2D eigenvalue weighted by Crippen LogP contribution is -2.21. The first kappa shape index (κ1) is 17.9.